The minimum Gasteiger partial charge on any atom is -0.314 e. The molecular formula is C18H29N. The first-order valence-electron chi connectivity index (χ1n) is 8.17. The lowest BCUT2D eigenvalue weighted by Gasteiger charge is -2.32. The van der Waals surface area contributed by atoms with Gasteiger partial charge in [0.05, 0.1) is 0 Å². The molecule has 1 aromatic rings. The molecule has 0 radical (unpaired) electrons. The van der Waals surface area contributed by atoms with Gasteiger partial charge in [0.15, 0.2) is 0 Å². The van der Waals surface area contributed by atoms with Gasteiger partial charge in [-0.2, -0.15) is 0 Å². The zero-order valence-electron chi connectivity index (χ0n) is 12.4. The minimum absolute atomic E-state index is 0.796. The Morgan fingerprint density at radius 2 is 1.89 bits per heavy atom. The summed E-state index contributed by atoms with van der Waals surface area (Å²) in [5, 5.41) is 3.77. The van der Waals surface area contributed by atoms with Crippen molar-refractivity contribution < 1.29 is 0 Å². The topological polar surface area (TPSA) is 12.0 Å². The summed E-state index contributed by atoms with van der Waals surface area (Å²) < 4.78 is 0. The fourth-order valence-electron chi connectivity index (χ4n) is 3.36. The molecule has 0 amide bonds. The second kappa shape index (κ2) is 8.37. The zero-order valence-corrected chi connectivity index (χ0v) is 12.4. The van der Waals surface area contributed by atoms with Crippen molar-refractivity contribution in [2.75, 3.05) is 6.54 Å². The molecule has 1 aliphatic carbocycles. The molecule has 1 fully saturated rings. The molecule has 0 heterocycles. The maximum atomic E-state index is 3.77. The van der Waals surface area contributed by atoms with E-state index in [2.05, 4.69) is 42.6 Å². The summed E-state index contributed by atoms with van der Waals surface area (Å²) in [6.45, 7) is 3.46. The predicted molar refractivity (Wildman–Crippen MR) is 83.4 cm³/mol. The van der Waals surface area contributed by atoms with E-state index in [4.69, 9.17) is 0 Å². The molecule has 106 valence electrons. The Hall–Kier alpha value is -0.820. The molecule has 2 atom stereocenters. The third kappa shape index (κ3) is 4.99. The van der Waals surface area contributed by atoms with Crippen molar-refractivity contribution in [2.45, 2.75) is 64.3 Å². The second-order valence-electron chi connectivity index (χ2n) is 5.98. The van der Waals surface area contributed by atoms with Gasteiger partial charge in [-0.1, -0.05) is 50.1 Å². The van der Waals surface area contributed by atoms with Gasteiger partial charge in [-0.05, 0) is 56.6 Å². The van der Waals surface area contributed by atoms with Gasteiger partial charge in [0.25, 0.3) is 0 Å². The van der Waals surface area contributed by atoms with Crippen molar-refractivity contribution in [3.05, 3.63) is 35.9 Å². The molecule has 0 saturated heterocycles. The van der Waals surface area contributed by atoms with Crippen molar-refractivity contribution in [3.8, 4) is 0 Å². The summed E-state index contributed by atoms with van der Waals surface area (Å²) in [5.74, 6) is 0.920. The van der Waals surface area contributed by atoms with Crippen LogP contribution in [-0.2, 0) is 6.42 Å². The van der Waals surface area contributed by atoms with Crippen LogP contribution in [0.25, 0.3) is 0 Å². The number of nitrogens with one attached hydrogen (secondary N) is 1. The first kappa shape index (κ1) is 14.6. The van der Waals surface area contributed by atoms with Gasteiger partial charge in [-0.15, -0.1) is 0 Å². The van der Waals surface area contributed by atoms with E-state index in [1.165, 1.54) is 63.5 Å². The molecule has 2 unspecified atom stereocenters. The third-order valence-electron chi connectivity index (χ3n) is 4.45. The van der Waals surface area contributed by atoms with Gasteiger partial charge in [-0.25, -0.2) is 0 Å². The van der Waals surface area contributed by atoms with Gasteiger partial charge in [0, 0.05) is 6.04 Å². The van der Waals surface area contributed by atoms with Crippen LogP contribution in [0, 0.1) is 5.92 Å². The fourth-order valence-corrected chi connectivity index (χ4v) is 3.36. The van der Waals surface area contributed by atoms with E-state index in [1.807, 2.05) is 0 Å². The lowest BCUT2D eigenvalue weighted by atomic mass is 9.81. The van der Waals surface area contributed by atoms with E-state index in [0.717, 1.165) is 12.0 Å². The summed E-state index contributed by atoms with van der Waals surface area (Å²) in [6.07, 6.45) is 11.0. The highest BCUT2D eigenvalue weighted by Gasteiger charge is 2.23. The van der Waals surface area contributed by atoms with Gasteiger partial charge in [0.1, 0.15) is 0 Å². The Kier molecular flexibility index (Phi) is 6.43. The van der Waals surface area contributed by atoms with Gasteiger partial charge in [-0.3, -0.25) is 0 Å². The molecule has 1 heteroatoms. The standard InChI is InChI=1S/C18H29N/c1-2-15-19-18-14-7-6-12-17(18)13-8-11-16-9-4-3-5-10-16/h3-5,9-10,17-19H,2,6-8,11-15H2,1H3. The lowest BCUT2D eigenvalue weighted by Crippen LogP contribution is -2.38. The van der Waals surface area contributed by atoms with Crippen molar-refractivity contribution in [1.82, 2.24) is 5.32 Å². The van der Waals surface area contributed by atoms with Crippen LogP contribution in [0.4, 0.5) is 0 Å². The van der Waals surface area contributed by atoms with Gasteiger partial charge >= 0.3 is 0 Å². The van der Waals surface area contributed by atoms with E-state index < -0.39 is 0 Å². The molecule has 1 saturated carbocycles. The maximum Gasteiger partial charge on any atom is 0.00953 e. The van der Waals surface area contributed by atoms with Crippen molar-refractivity contribution in [3.63, 3.8) is 0 Å². The van der Waals surface area contributed by atoms with Crippen LogP contribution in [0.15, 0.2) is 30.3 Å². The van der Waals surface area contributed by atoms with Crippen LogP contribution in [0.3, 0.4) is 0 Å². The number of rotatable bonds is 7. The Bertz CT molecular complexity index is 333. The summed E-state index contributed by atoms with van der Waals surface area (Å²) in [7, 11) is 0. The van der Waals surface area contributed by atoms with Crippen LogP contribution in [0.2, 0.25) is 0 Å². The Morgan fingerprint density at radius 1 is 1.11 bits per heavy atom. The largest absolute Gasteiger partial charge is 0.314 e. The summed E-state index contributed by atoms with van der Waals surface area (Å²) >= 11 is 0. The zero-order chi connectivity index (χ0) is 13.3. The van der Waals surface area contributed by atoms with Gasteiger partial charge < -0.3 is 5.32 Å². The number of aryl methyl sites for hydroxylation is 1. The van der Waals surface area contributed by atoms with Crippen LogP contribution < -0.4 is 5.32 Å². The van der Waals surface area contributed by atoms with E-state index >= 15 is 0 Å². The van der Waals surface area contributed by atoms with Crippen LogP contribution in [0.5, 0.6) is 0 Å². The monoisotopic (exact) mass is 259 g/mol. The molecule has 0 aromatic heterocycles. The van der Waals surface area contributed by atoms with Crippen LogP contribution in [0.1, 0.15) is 57.4 Å². The molecule has 1 aliphatic rings. The molecule has 2 rings (SSSR count). The first-order valence-corrected chi connectivity index (χ1v) is 8.17. The van der Waals surface area contributed by atoms with Crippen molar-refractivity contribution >= 4 is 0 Å². The van der Waals surface area contributed by atoms with E-state index in [-0.39, 0.29) is 0 Å². The minimum atomic E-state index is 0.796. The highest BCUT2D eigenvalue weighted by atomic mass is 14.9. The van der Waals surface area contributed by atoms with Gasteiger partial charge in [0.2, 0.25) is 0 Å². The third-order valence-corrected chi connectivity index (χ3v) is 4.45. The Labute approximate surface area is 118 Å². The summed E-state index contributed by atoms with van der Waals surface area (Å²) in [6, 6.07) is 11.7. The van der Waals surface area contributed by atoms with Crippen LogP contribution >= 0.6 is 0 Å². The van der Waals surface area contributed by atoms with Crippen LogP contribution in [-0.4, -0.2) is 12.6 Å². The highest BCUT2D eigenvalue weighted by Crippen LogP contribution is 2.28. The fraction of sp³-hybridized carbons (Fsp3) is 0.667. The summed E-state index contributed by atoms with van der Waals surface area (Å²) in [5.41, 5.74) is 1.50. The molecule has 0 bridgehead atoms. The second-order valence-corrected chi connectivity index (χ2v) is 5.98. The Balaban J connectivity index is 1.73. The molecule has 1 nitrogen and oxygen atoms in total. The lowest BCUT2D eigenvalue weighted by molar-refractivity contribution is 0.246. The molecule has 19 heavy (non-hydrogen) atoms. The molecule has 0 aliphatic heterocycles. The first-order chi connectivity index (χ1) is 9.40. The van der Waals surface area contributed by atoms with E-state index in [1.54, 1.807) is 0 Å². The smallest absolute Gasteiger partial charge is 0.00953 e. The average molecular weight is 259 g/mol. The molecule has 1 N–H and O–H groups in total. The van der Waals surface area contributed by atoms with E-state index in [9.17, 15) is 0 Å². The van der Waals surface area contributed by atoms with E-state index in [0.29, 0.717) is 0 Å². The molecule has 0 spiro atoms. The maximum absolute atomic E-state index is 3.77. The summed E-state index contributed by atoms with van der Waals surface area (Å²) in [4.78, 5) is 0. The number of hydrogen-bond acceptors (Lipinski definition) is 1. The van der Waals surface area contributed by atoms with Crippen molar-refractivity contribution in [2.24, 2.45) is 5.92 Å². The Morgan fingerprint density at radius 3 is 2.68 bits per heavy atom. The molecule has 1 aromatic carbocycles. The predicted octanol–water partition coefficient (Wildman–Crippen LogP) is 4.57. The molecular weight excluding hydrogens is 230 g/mol. The SMILES string of the molecule is CCCNC1CCCCC1CCCc1ccccc1. The number of benzene rings is 1. The van der Waals surface area contributed by atoms with Crippen molar-refractivity contribution in [1.29, 1.82) is 0 Å². The number of hydrogen-bond donors (Lipinski definition) is 1. The average Bonchev–Trinajstić information content (AvgIpc) is 2.47. The highest BCUT2D eigenvalue weighted by molar-refractivity contribution is 5.14. The normalized spacial score (nSPS) is 23.4. The quantitative estimate of drug-likeness (QED) is 0.756.